The highest BCUT2D eigenvalue weighted by atomic mass is 16.4. The second-order valence-corrected chi connectivity index (χ2v) is 4.42. The largest absolute Gasteiger partial charge is 0.478 e. The Morgan fingerprint density at radius 3 is 2.47 bits per heavy atom. The van der Waals surface area contributed by atoms with Gasteiger partial charge < -0.3 is 15.7 Å². The van der Waals surface area contributed by atoms with Crippen LogP contribution in [0.1, 0.15) is 15.9 Å². The van der Waals surface area contributed by atoms with Crippen LogP contribution in [0.5, 0.6) is 0 Å². The molecule has 4 nitrogen and oxygen atoms in total. The van der Waals surface area contributed by atoms with E-state index in [2.05, 4.69) is 0 Å². The maximum atomic E-state index is 11.0. The molecular formula is C15H16N2O2. The number of carbonyl (C=O) groups is 1. The summed E-state index contributed by atoms with van der Waals surface area (Å²) in [7, 11) is 1.87. The number of nitrogens with two attached hydrogens (primary N) is 1. The van der Waals surface area contributed by atoms with E-state index in [1.807, 2.05) is 43.1 Å². The molecule has 0 aromatic heterocycles. The molecule has 19 heavy (non-hydrogen) atoms. The molecule has 0 atom stereocenters. The standard InChI is InChI=1S/C15H16N2O2/c1-10-5-3-4-6-13(10)17(2)14-9-11(15(18)19)7-8-12(14)16/h3-9H,16H2,1-2H3,(H,18,19). The van der Waals surface area contributed by atoms with E-state index in [1.165, 1.54) is 6.07 Å². The quantitative estimate of drug-likeness (QED) is 0.828. The number of benzene rings is 2. The summed E-state index contributed by atoms with van der Waals surface area (Å²) in [5.74, 6) is -0.959. The summed E-state index contributed by atoms with van der Waals surface area (Å²) < 4.78 is 0. The Morgan fingerprint density at radius 1 is 1.16 bits per heavy atom. The van der Waals surface area contributed by atoms with Crippen molar-refractivity contribution in [3.63, 3.8) is 0 Å². The Hall–Kier alpha value is -2.49. The third-order valence-corrected chi connectivity index (χ3v) is 3.12. The Bertz CT molecular complexity index is 623. The van der Waals surface area contributed by atoms with Crippen LogP contribution in [0.2, 0.25) is 0 Å². The highest BCUT2D eigenvalue weighted by molar-refractivity contribution is 5.91. The topological polar surface area (TPSA) is 66.6 Å². The molecule has 0 unspecified atom stereocenters. The summed E-state index contributed by atoms with van der Waals surface area (Å²) >= 11 is 0. The molecule has 0 fully saturated rings. The molecule has 98 valence electrons. The summed E-state index contributed by atoms with van der Waals surface area (Å²) in [6.07, 6.45) is 0. The Kier molecular flexibility index (Phi) is 3.42. The molecule has 2 aromatic carbocycles. The zero-order valence-corrected chi connectivity index (χ0v) is 10.9. The number of aryl methyl sites for hydroxylation is 1. The van der Waals surface area contributed by atoms with Crippen molar-refractivity contribution >= 4 is 23.0 Å². The average Bonchev–Trinajstić information content (AvgIpc) is 2.38. The third kappa shape index (κ3) is 2.52. The lowest BCUT2D eigenvalue weighted by Gasteiger charge is -2.23. The van der Waals surface area contributed by atoms with Crippen molar-refractivity contribution in [1.82, 2.24) is 0 Å². The fourth-order valence-corrected chi connectivity index (χ4v) is 2.04. The van der Waals surface area contributed by atoms with Gasteiger partial charge in [0.05, 0.1) is 16.9 Å². The summed E-state index contributed by atoms with van der Waals surface area (Å²) in [5.41, 5.74) is 9.51. The van der Waals surface area contributed by atoms with E-state index in [0.717, 1.165) is 11.3 Å². The fraction of sp³-hybridized carbons (Fsp3) is 0.133. The van der Waals surface area contributed by atoms with Crippen LogP contribution in [0.4, 0.5) is 17.1 Å². The van der Waals surface area contributed by atoms with Crippen LogP contribution in [0.25, 0.3) is 0 Å². The molecule has 0 saturated carbocycles. The van der Waals surface area contributed by atoms with Crippen molar-refractivity contribution in [3.05, 3.63) is 53.6 Å². The van der Waals surface area contributed by atoms with E-state index >= 15 is 0 Å². The van der Waals surface area contributed by atoms with Crippen LogP contribution in [0.3, 0.4) is 0 Å². The lowest BCUT2D eigenvalue weighted by molar-refractivity contribution is 0.0697. The number of carboxylic acid groups (broad SMARTS) is 1. The van der Waals surface area contributed by atoms with Crippen LogP contribution in [-0.4, -0.2) is 18.1 Å². The van der Waals surface area contributed by atoms with E-state index in [0.29, 0.717) is 11.4 Å². The van der Waals surface area contributed by atoms with E-state index in [4.69, 9.17) is 10.8 Å². The molecule has 2 aromatic rings. The number of nitrogen functional groups attached to an aromatic ring is 1. The van der Waals surface area contributed by atoms with E-state index in [9.17, 15) is 4.79 Å². The summed E-state index contributed by atoms with van der Waals surface area (Å²) in [6.45, 7) is 2.00. The maximum Gasteiger partial charge on any atom is 0.335 e. The van der Waals surface area contributed by atoms with Crippen molar-refractivity contribution in [2.75, 3.05) is 17.7 Å². The first-order valence-electron chi connectivity index (χ1n) is 5.93. The lowest BCUT2D eigenvalue weighted by atomic mass is 10.1. The number of hydrogen-bond acceptors (Lipinski definition) is 3. The van der Waals surface area contributed by atoms with Crippen molar-refractivity contribution < 1.29 is 9.90 Å². The molecule has 2 rings (SSSR count). The van der Waals surface area contributed by atoms with Gasteiger partial charge in [-0.15, -0.1) is 0 Å². The zero-order chi connectivity index (χ0) is 14.0. The number of nitrogens with zero attached hydrogens (tertiary/aromatic N) is 1. The van der Waals surface area contributed by atoms with Gasteiger partial charge in [-0.2, -0.15) is 0 Å². The van der Waals surface area contributed by atoms with Crippen molar-refractivity contribution in [1.29, 1.82) is 0 Å². The zero-order valence-electron chi connectivity index (χ0n) is 10.9. The molecule has 3 N–H and O–H groups in total. The lowest BCUT2D eigenvalue weighted by Crippen LogP contribution is -2.13. The molecule has 0 bridgehead atoms. The fourth-order valence-electron chi connectivity index (χ4n) is 2.04. The number of para-hydroxylation sites is 1. The van der Waals surface area contributed by atoms with E-state index in [1.54, 1.807) is 12.1 Å². The SMILES string of the molecule is Cc1ccccc1N(C)c1cc(C(=O)O)ccc1N. The second-order valence-electron chi connectivity index (χ2n) is 4.42. The predicted octanol–water partition coefficient (Wildman–Crippen LogP) is 3.04. The first-order valence-corrected chi connectivity index (χ1v) is 5.93. The molecule has 0 spiro atoms. The van der Waals surface area contributed by atoms with Gasteiger partial charge in [0.25, 0.3) is 0 Å². The molecule has 0 amide bonds. The van der Waals surface area contributed by atoms with Gasteiger partial charge in [0.15, 0.2) is 0 Å². The summed E-state index contributed by atoms with van der Waals surface area (Å²) in [4.78, 5) is 12.9. The molecule has 0 radical (unpaired) electrons. The van der Waals surface area contributed by atoms with Gasteiger partial charge in [0, 0.05) is 12.7 Å². The molecule has 0 aliphatic rings. The highest BCUT2D eigenvalue weighted by Gasteiger charge is 2.12. The van der Waals surface area contributed by atoms with E-state index < -0.39 is 5.97 Å². The molecular weight excluding hydrogens is 240 g/mol. The van der Waals surface area contributed by atoms with Gasteiger partial charge in [0.2, 0.25) is 0 Å². The molecule has 0 heterocycles. The number of carboxylic acids is 1. The van der Waals surface area contributed by atoms with Crippen LogP contribution < -0.4 is 10.6 Å². The van der Waals surface area contributed by atoms with Crippen molar-refractivity contribution in [3.8, 4) is 0 Å². The van der Waals surface area contributed by atoms with Crippen LogP contribution in [0.15, 0.2) is 42.5 Å². The monoisotopic (exact) mass is 256 g/mol. The molecule has 0 aliphatic heterocycles. The average molecular weight is 256 g/mol. The minimum absolute atomic E-state index is 0.227. The first-order chi connectivity index (χ1) is 9.00. The van der Waals surface area contributed by atoms with Crippen LogP contribution in [0, 0.1) is 6.92 Å². The van der Waals surface area contributed by atoms with Crippen molar-refractivity contribution in [2.24, 2.45) is 0 Å². The predicted molar refractivity (Wildman–Crippen MR) is 77.1 cm³/mol. The minimum atomic E-state index is -0.959. The maximum absolute atomic E-state index is 11.0. The molecule has 4 heteroatoms. The van der Waals surface area contributed by atoms with Gasteiger partial charge in [-0.25, -0.2) is 4.79 Å². The number of rotatable bonds is 3. The highest BCUT2D eigenvalue weighted by Crippen LogP contribution is 2.31. The van der Waals surface area contributed by atoms with Gasteiger partial charge >= 0.3 is 5.97 Å². The van der Waals surface area contributed by atoms with Crippen LogP contribution >= 0.6 is 0 Å². The summed E-state index contributed by atoms with van der Waals surface area (Å²) in [6, 6.07) is 12.6. The number of anilines is 3. The Labute approximate surface area is 112 Å². The third-order valence-electron chi connectivity index (χ3n) is 3.12. The molecule has 0 aliphatic carbocycles. The smallest absolute Gasteiger partial charge is 0.335 e. The Morgan fingerprint density at radius 2 is 1.84 bits per heavy atom. The second kappa shape index (κ2) is 5.02. The van der Waals surface area contributed by atoms with Crippen LogP contribution in [-0.2, 0) is 0 Å². The summed E-state index contributed by atoms with van der Waals surface area (Å²) in [5, 5.41) is 9.05. The molecule has 0 saturated heterocycles. The van der Waals surface area contributed by atoms with Gasteiger partial charge in [-0.05, 0) is 36.8 Å². The van der Waals surface area contributed by atoms with Gasteiger partial charge in [0.1, 0.15) is 0 Å². The first kappa shape index (κ1) is 13.0. The van der Waals surface area contributed by atoms with Gasteiger partial charge in [-0.3, -0.25) is 0 Å². The van der Waals surface area contributed by atoms with Gasteiger partial charge in [-0.1, -0.05) is 18.2 Å². The Balaban J connectivity index is 2.49. The normalized spacial score (nSPS) is 10.2. The number of hydrogen-bond donors (Lipinski definition) is 2. The number of aromatic carboxylic acids is 1. The van der Waals surface area contributed by atoms with Crippen molar-refractivity contribution in [2.45, 2.75) is 6.92 Å². The minimum Gasteiger partial charge on any atom is -0.478 e. The van der Waals surface area contributed by atoms with E-state index in [-0.39, 0.29) is 5.56 Å².